The van der Waals surface area contributed by atoms with Crippen molar-refractivity contribution < 1.29 is 4.79 Å². The third-order valence-corrected chi connectivity index (χ3v) is 6.83. The molecule has 2 fully saturated rings. The fourth-order valence-corrected chi connectivity index (χ4v) is 5.46. The highest BCUT2D eigenvalue weighted by Gasteiger charge is 2.41. The van der Waals surface area contributed by atoms with Gasteiger partial charge in [-0.3, -0.25) is 4.79 Å². The van der Waals surface area contributed by atoms with Crippen molar-refractivity contribution in [1.82, 2.24) is 5.32 Å². The van der Waals surface area contributed by atoms with Crippen LogP contribution in [0.25, 0.3) is 0 Å². The van der Waals surface area contributed by atoms with Crippen molar-refractivity contribution in [3.05, 3.63) is 35.4 Å². The highest BCUT2D eigenvalue weighted by atomic mass is 16.1. The van der Waals surface area contributed by atoms with Crippen molar-refractivity contribution in [1.29, 1.82) is 0 Å². The van der Waals surface area contributed by atoms with Crippen molar-refractivity contribution in [3.8, 4) is 0 Å². The van der Waals surface area contributed by atoms with Crippen LogP contribution in [0.1, 0.15) is 50.2 Å². The first-order valence-electron chi connectivity index (χ1n) is 9.64. The normalized spacial score (nSPS) is 33.8. The van der Waals surface area contributed by atoms with Gasteiger partial charge in [-0.2, -0.15) is 0 Å². The second-order valence-corrected chi connectivity index (χ2v) is 8.85. The molecule has 0 radical (unpaired) electrons. The van der Waals surface area contributed by atoms with Gasteiger partial charge in [0.15, 0.2) is 0 Å². The van der Waals surface area contributed by atoms with E-state index >= 15 is 0 Å². The van der Waals surface area contributed by atoms with E-state index in [1.165, 1.54) is 30.4 Å². The van der Waals surface area contributed by atoms with E-state index in [0.29, 0.717) is 17.9 Å². The van der Waals surface area contributed by atoms with Crippen molar-refractivity contribution >= 4 is 5.91 Å². The van der Waals surface area contributed by atoms with Crippen molar-refractivity contribution in [2.75, 3.05) is 6.54 Å². The van der Waals surface area contributed by atoms with E-state index in [9.17, 15) is 4.79 Å². The van der Waals surface area contributed by atoms with Crippen LogP contribution in [0.15, 0.2) is 24.3 Å². The van der Waals surface area contributed by atoms with Crippen molar-refractivity contribution in [3.63, 3.8) is 0 Å². The first kappa shape index (κ1) is 16.1. The number of rotatable bonds is 3. The first-order valence-corrected chi connectivity index (χ1v) is 9.64. The third-order valence-electron chi connectivity index (χ3n) is 6.83. The average Bonchev–Trinajstić information content (AvgIpc) is 2.89. The molecule has 0 aromatic heterocycles. The minimum atomic E-state index is 0.167. The Morgan fingerprint density at radius 2 is 1.75 bits per heavy atom. The van der Waals surface area contributed by atoms with Gasteiger partial charge in [-0.1, -0.05) is 37.6 Å². The van der Waals surface area contributed by atoms with Crippen LogP contribution in [-0.4, -0.2) is 18.5 Å². The number of hydrogen-bond acceptors (Lipinski definition) is 2. The zero-order chi connectivity index (χ0) is 16.7. The molecule has 0 heterocycles. The lowest BCUT2D eigenvalue weighted by molar-refractivity contribution is -0.128. The summed E-state index contributed by atoms with van der Waals surface area (Å²) >= 11 is 0. The second-order valence-electron chi connectivity index (χ2n) is 8.85. The minimum Gasteiger partial charge on any atom is -0.355 e. The lowest BCUT2D eigenvalue weighted by Crippen LogP contribution is -2.50. The van der Waals surface area contributed by atoms with Crippen LogP contribution in [0, 0.1) is 23.2 Å². The molecule has 2 bridgehead atoms. The van der Waals surface area contributed by atoms with Gasteiger partial charge in [-0.25, -0.2) is 0 Å². The molecule has 4 rings (SSSR count). The van der Waals surface area contributed by atoms with Gasteiger partial charge in [0, 0.05) is 18.5 Å². The maximum absolute atomic E-state index is 12.8. The molecular weight excluding hydrogens is 296 g/mol. The maximum Gasteiger partial charge on any atom is 0.223 e. The second kappa shape index (κ2) is 6.18. The fraction of sp³-hybridized carbons (Fsp3) is 0.667. The lowest BCUT2D eigenvalue weighted by atomic mass is 9.65. The monoisotopic (exact) mass is 326 g/mol. The van der Waals surface area contributed by atoms with E-state index in [1.54, 1.807) is 0 Å². The molecule has 3 N–H and O–H groups in total. The van der Waals surface area contributed by atoms with Gasteiger partial charge in [0.2, 0.25) is 5.91 Å². The van der Waals surface area contributed by atoms with Gasteiger partial charge in [0.25, 0.3) is 0 Å². The molecule has 2 atom stereocenters. The Kier molecular flexibility index (Phi) is 4.16. The summed E-state index contributed by atoms with van der Waals surface area (Å²) in [7, 11) is 0. The summed E-state index contributed by atoms with van der Waals surface area (Å²) in [5, 5.41) is 3.29. The van der Waals surface area contributed by atoms with Crippen LogP contribution in [0.3, 0.4) is 0 Å². The van der Waals surface area contributed by atoms with E-state index in [1.807, 2.05) is 0 Å². The molecule has 1 aromatic carbocycles. The van der Waals surface area contributed by atoms with Crippen LogP contribution >= 0.6 is 0 Å². The number of benzene rings is 1. The maximum atomic E-state index is 12.8. The lowest BCUT2D eigenvalue weighted by Gasteiger charge is -2.43. The molecule has 3 nitrogen and oxygen atoms in total. The van der Waals surface area contributed by atoms with Gasteiger partial charge >= 0.3 is 0 Å². The standard InChI is InChI=1S/C21H30N2O/c1-21(11-16-5-2-3-6-17(16)12-21)13-23-20(24)18-9-14-7-4-8-15(10-18)19(14)22/h2-3,5-6,14-15,18-19H,4,7-13,22H2,1H3,(H,23,24). The molecule has 0 aliphatic heterocycles. The molecule has 3 aliphatic rings. The Bertz CT molecular complexity index is 587. The summed E-state index contributed by atoms with van der Waals surface area (Å²) < 4.78 is 0. The van der Waals surface area contributed by atoms with E-state index in [-0.39, 0.29) is 17.2 Å². The minimum absolute atomic E-state index is 0.167. The molecule has 3 heteroatoms. The Labute approximate surface area is 145 Å². The SMILES string of the molecule is CC1(CNC(=O)C2CC3CCCC(C2)C3N)Cc2ccccc2C1. The molecule has 3 aliphatic carbocycles. The zero-order valence-corrected chi connectivity index (χ0v) is 14.8. The number of nitrogens with one attached hydrogen (secondary N) is 1. The van der Waals surface area contributed by atoms with Crippen LogP contribution < -0.4 is 11.1 Å². The van der Waals surface area contributed by atoms with Gasteiger partial charge in [0.05, 0.1) is 0 Å². The highest BCUT2D eigenvalue weighted by Crippen LogP contribution is 2.42. The van der Waals surface area contributed by atoms with E-state index < -0.39 is 0 Å². The van der Waals surface area contributed by atoms with Crippen LogP contribution in [-0.2, 0) is 17.6 Å². The number of amides is 1. The molecule has 130 valence electrons. The van der Waals surface area contributed by atoms with Crippen molar-refractivity contribution in [2.45, 2.75) is 57.9 Å². The molecule has 2 saturated carbocycles. The summed E-state index contributed by atoms with van der Waals surface area (Å²) in [6.07, 6.45) is 7.88. The number of carbonyl (C=O) groups excluding carboxylic acids is 1. The zero-order valence-electron chi connectivity index (χ0n) is 14.8. The smallest absolute Gasteiger partial charge is 0.223 e. The quantitative estimate of drug-likeness (QED) is 0.897. The number of hydrogen-bond donors (Lipinski definition) is 2. The predicted molar refractivity (Wildman–Crippen MR) is 96.5 cm³/mol. The van der Waals surface area contributed by atoms with E-state index in [0.717, 1.165) is 32.2 Å². The molecular formula is C21H30N2O. The van der Waals surface area contributed by atoms with Crippen LogP contribution in [0.2, 0.25) is 0 Å². The number of nitrogens with two attached hydrogens (primary N) is 1. The Hall–Kier alpha value is -1.35. The van der Waals surface area contributed by atoms with Gasteiger partial charge < -0.3 is 11.1 Å². The molecule has 0 spiro atoms. The van der Waals surface area contributed by atoms with Crippen LogP contribution in [0.5, 0.6) is 0 Å². The number of carbonyl (C=O) groups is 1. The highest BCUT2D eigenvalue weighted by molar-refractivity contribution is 5.78. The number of fused-ring (bicyclic) bond motifs is 3. The third kappa shape index (κ3) is 2.99. The van der Waals surface area contributed by atoms with E-state index in [4.69, 9.17) is 5.73 Å². The largest absolute Gasteiger partial charge is 0.355 e. The summed E-state index contributed by atoms with van der Waals surface area (Å²) in [5.41, 5.74) is 9.43. The summed E-state index contributed by atoms with van der Waals surface area (Å²) in [5.74, 6) is 1.60. The molecule has 2 unspecified atom stereocenters. The first-order chi connectivity index (χ1) is 11.5. The molecule has 1 aromatic rings. The molecule has 1 amide bonds. The summed E-state index contributed by atoms with van der Waals surface area (Å²) in [6, 6.07) is 9.03. The Morgan fingerprint density at radius 3 is 2.33 bits per heavy atom. The Morgan fingerprint density at radius 1 is 1.17 bits per heavy atom. The molecule has 0 saturated heterocycles. The fourth-order valence-electron chi connectivity index (χ4n) is 5.46. The van der Waals surface area contributed by atoms with Crippen molar-refractivity contribution in [2.24, 2.45) is 28.9 Å². The van der Waals surface area contributed by atoms with E-state index in [2.05, 4.69) is 36.5 Å². The van der Waals surface area contributed by atoms with Crippen LogP contribution in [0.4, 0.5) is 0 Å². The topological polar surface area (TPSA) is 55.1 Å². The van der Waals surface area contributed by atoms with Gasteiger partial charge in [0.1, 0.15) is 0 Å². The predicted octanol–water partition coefficient (Wildman–Crippen LogP) is 3.06. The van der Waals surface area contributed by atoms with Gasteiger partial charge in [-0.05, 0) is 66.9 Å². The summed E-state index contributed by atoms with van der Waals surface area (Å²) in [6.45, 7) is 3.09. The molecule has 24 heavy (non-hydrogen) atoms. The average molecular weight is 326 g/mol. The Balaban J connectivity index is 1.34. The summed E-state index contributed by atoms with van der Waals surface area (Å²) in [4.78, 5) is 12.8. The van der Waals surface area contributed by atoms with Gasteiger partial charge in [-0.15, -0.1) is 0 Å².